The molecule has 0 unspecified atom stereocenters. The number of amides is 4. The van der Waals surface area contributed by atoms with Crippen LogP contribution in [0.25, 0.3) is 6.08 Å². The lowest BCUT2D eigenvalue weighted by molar-refractivity contribution is -0.189. The molecule has 5 rings (SSSR count). The van der Waals surface area contributed by atoms with E-state index in [0.29, 0.717) is 21.2 Å². The third-order valence-corrected chi connectivity index (χ3v) is 8.60. The summed E-state index contributed by atoms with van der Waals surface area (Å²) in [5.41, 5.74) is 2.64. The molecule has 12 heteroatoms. The highest BCUT2D eigenvalue weighted by Gasteiger charge is 2.51. The van der Waals surface area contributed by atoms with Gasteiger partial charge in [0, 0.05) is 26.1 Å². The van der Waals surface area contributed by atoms with E-state index in [1.165, 1.54) is 40.3 Å². The van der Waals surface area contributed by atoms with Crippen LogP contribution in [0.4, 0.5) is 9.18 Å². The van der Waals surface area contributed by atoms with Gasteiger partial charge in [0.2, 0.25) is 11.8 Å². The first-order valence-electron chi connectivity index (χ1n) is 14.2. The molecule has 3 aromatic carbocycles. The van der Waals surface area contributed by atoms with Crippen molar-refractivity contribution in [3.05, 3.63) is 118 Å². The Morgan fingerprint density at radius 3 is 2.44 bits per heavy atom. The molecule has 234 valence electrons. The van der Waals surface area contributed by atoms with Gasteiger partial charge in [-0.25, -0.2) is 19.2 Å². The first-order chi connectivity index (χ1) is 21.6. The lowest BCUT2D eigenvalue weighted by Gasteiger charge is -2.55. The molecule has 9 nitrogen and oxygen atoms in total. The van der Waals surface area contributed by atoms with Gasteiger partial charge in [-0.15, -0.1) is 6.58 Å². The Morgan fingerprint density at radius 1 is 1.02 bits per heavy atom. The van der Waals surface area contributed by atoms with Crippen LogP contribution in [0.1, 0.15) is 22.3 Å². The van der Waals surface area contributed by atoms with Crippen molar-refractivity contribution in [1.29, 1.82) is 0 Å². The molecule has 2 atom stereocenters. The zero-order chi connectivity index (χ0) is 32.2. The summed E-state index contributed by atoms with van der Waals surface area (Å²) >= 11 is 12.2. The third-order valence-electron chi connectivity index (χ3n) is 7.86. The van der Waals surface area contributed by atoms with Gasteiger partial charge in [0.25, 0.3) is 0 Å². The summed E-state index contributed by atoms with van der Waals surface area (Å²) in [6.45, 7) is 7.86. The standard InChI is InChI=1S/C33H32Cl2FN5O4/c1-3-13-39-20-31(43)40-29(15-21-5-10-26(42)11-6-21)32(44)38(18-24-8-9-25(36)16-23(24)4-2)19-30(40)41(39)33(45)37-17-22-7-12-27(34)28(35)14-22/h3-12,14,16,29-30,42H,1-2,13,15,17-20H2,(H,37,45)/t29-,30-/m0/s1. The van der Waals surface area contributed by atoms with Crippen LogP contribution in [-0.4, -0.2) is 74.6 Å². The van der Waals surface area contributed by atoms with E-state index in [4.69, 9.17) is 23.2 Å². The number of carbonyl (C=O) groups excluding carboxylic acids is 3. The van der Waals surface area contributed by atoms with Gasteiger partial charge in [0.1, 0.15) is 23.8 Å². The fourth-order valence-corrected chi connectivity index (χ4v) is 6.03. The molecule has 0 aromatic heterocycles. The molecule has 2 fully saturated rings. The smallest absolute Gasteiger partial charge is 0.334 e. The van der Waals surface area contributed by atoms with E-state index in [1.807, 2.05) is 0 Å². The fourth-order valence-electron chi connectivity index (χ4n) is 5.71. The summed E-state index contributed by atoms with van der Waals surface area (Å²) in [5, 5.41) is 16.5. The second-order valence-electron chi connectivity index (χ2n) is 10.8. The number of hydrazine groups is 1. The molecule has 0 saturated carbocycles. The Hall–Kier alpha value is -4.38. The van der Waals surface area contributed by atoms with E-state index in [-0.39, 0.29) is 56.7 Å². The first kappa shape index (κ1) is 32.0. The van der Waals surface area contributed by atoms with Gasteiger partial charge in [-0.1, -0.05) is 66.2 Å². The minimum Gasteiger partial charge on any atom is -0.508 e. The lowest BCUT2D eigenvalue weighted by atomic mass is 9.97. The number of benzene rings is 3. The molecule has 2 aliphatic heterocycles. The van der Waals surface area contributed by atoms with Crippen molar-refractivity contribution in [3.63, 3.8) is 0 Å². The molecule has 0 bridgehead atoms. The zero-order valence-electron chi connectivity index (χ0n) is 24.3. The summed E-state index contributed by atoms with van der Waals surface area (Å²) in [6, 6.07) is 14.3. The monoisotopic (exact) mass is 651 g/mol. The molecular weight excluding hydrogens is 620 g/mol. The van der Waals surface area contributed by atoms with E-state index in [2.05, 4.69) is 18.5 Å². The van der Waals surface area contributed by atoms with Crippen LogP contribution in [0.3, 0.4) is 0 Å². The van der Waals surface area contributed by atoms with Gasteiger partial charge in [-0.3, -0.25) is 9.59 Å². The summed E-state index contributed by atoms with van der Waals surface area (Å²) < 4.78 is 14.0. The number of phenolic OH excluding ortho intramolecular Hbond substituents is 1. The minimum absolute atomic E-state index is 0.00154. The number of hydrogen-bond donors (Lipinski definition) is 2. The van der Waals surface area contributed by atoms with Gasteiger partial charge in [0.05, 0.1) is 23.1 Å². The second-order valence-corrected chi connectivity index (χ2v) is 11.6. The van der Waals surface area contributed by atoms with Crippen molar-refractivity contribution < 1.29 is 23.9 Å². The summed E-state index contributed by atoms with van der Waals surface area (Å²) in [5.74, 6) is -1.00. The largest absolute Gasteiger partial charge is 0.508 e. The molecule has 2 aliphatic rings. The molecular formula is C33H32Cl2FN5O4. The van der Waals surface area contributed by atoms with Gasteiger partial charge in [0.15, 0.2) is 0 Å². The number of carbonyl (C=O) groups is 3. The number of nitrogens with zero attached hydrogens (tertiary/aromatic N) is 4. The number of urea groups is 1. The summed E-state index contributed by atoms with van der Waals surface area (Å²) in [7, 11) is 0. The Bertz CT molecular complexity index is 1640. The number of aromatic hydroxyl groups is 1. The number of rotatable bonds is 9. The molecule has 2 saturated heterocycles. The van der Waals surface area contributed by atoms with Crippen LogP contribution in [0.5, 0.6) is 5.75 Å². The molecule has 0 spiro atoms. The maximum Gasteiger partial charge on any atom is 0.334 e. The third kappa shape index (κ3) is 6.98. The van der Waals surface area contributed by atoms with Crippen LogP contribution in [-0.2, 0) is 29.1 Å². The second kappa shape index (κ2) is 13.7. The van der Waals surface area contributed by atoms with E-state index in [0.717, 1.165) is 11.1 Å². The van der Waals surface area contributed by atoms with Gasteiger partial charge < -0.3 is 20.2 Å². The maximum atomic E-state index is 14.1. The number of piperazine rings is 1. The van der Waals surface area contributed by atoms with E-state index in [9.17, 15) is 23.9 Å². The highest BCUT2D eigenvalue weighted by molar-refractivity contribution is 6.42. The number of nitrogens with one attached hydrogen (secondary N) is 1. The molecule has 0 radical (unpaired) electrons. The molecule has 3 aromatic rings. The first-order valence-corrected chi connectivity index (χ1v) is 15.0. The maximum absolute atomic E-state index is 14.1. The van der Waals surface area contributed by atoms with Crippen LogP contribution >= 0.6 is 23.2 Å². The normalized spacial score (nSPS) is 18.5. The molecule has 0 aliphatic carbocycles. The molecule has 2 heterocycles. The van der Waals surface area contributed by atoms with E-state index >= 15 is 0 Å². The van der Waals surface area contributed by atoms with Crippen LogP contribution in [0, 0.1) is 5.82 Å². The topological polar surface area (TPSA) is 96.4 Å². The van der Waals surface area contributed by atoms with Gasteiger partial charge in [-0.05, 0) is 58.7 Å². The SMILES string of the molecule is C=CCN1CC(=O)N2[C@@H](Cc3ccc(O)cc3)C(=O)N(Cc3ccc(F)cc3C=C)C[C@@H]2N1C(=O)NCc1ccc(Cl)c(Cl)c1. The number of fused-ring (bicyclic) bond motifs is 1. The quantitative estimate of drug-likeness (QED) is 0.310. The lowest BCUT2D eigenvalue weighted by Crippen LogP contribution is -2.76. The van der Waals surface area contributed by atoms with E-state index in [1.54, 1.807) is 52.4 Å². The number of phenols is 1. The summed E-state index contributed by atoms with van der Waals surface area (Å²) in [4.78, 5) is 44.8. The minimum atomic E-state index is -0.954. The highest BCUT2D eigenvalue weighted by atomic mass is 35.5. The van der Waals surface area contributed by atoms with Crippen molar-refractivity contribution in [3.8, 4) is 5.75 Å². The highest BCUT2D eigenvalue weighted by Crippen LogP contribution is 2.30. The predicted molar refractivity (Wildman–Crippen MR) is 170 cm³/mol. The Morgan fingerprint density at radius 2 is 1.76 bits per heavy atom. The number of halogens is 3. The van der Waals surface area contributed by atoms with Crippen molar-refractivity contribution >= 4 is 47.1 Å². The van der Waals surface area contributed by atoms with Crippen molar-refractivity contribution in [2.75, 3.05) is 19.6 Å². The Balaban J connectivity index is 1.51. The predicted octanol–water partition coefficient (Wildman–Crippen LogP) is 5.22. The average molecular weight is 653 g/mol. The van der Waals surface area contributed by atoms with Crippen molar-refractivity contribution in [1.82, 2.24) is 25.1 Å². The van der Waals surface area contributed by atoms with Crippen molar-refractivity contribution in [2.45, 2.75) is 31.7 Å². The molecule has 4 amide bonds. The van der Waals surface area contributed by atoms with E-state index < -0.39 is 24.1 Å². The van der Waals surface area contributed by atoms with Gasteiger partial charge in [-0.2, -0.15) is 0 Å². The average Bonchev–Trinajstić information content (AvgIpc) is 3.01. The van der Waals surface area contributed by atoms with Crippen LogP contribution in [0.2, 0.25) is 10.0 Å². The molecule has 2 N–H and O–H groups in total. The number of hydrogen-bond acceptors (Lipinski definition) is 5. The molecule has 45 heavy (non-hydrogen) atoms. The Labute approximate surface area is 270 Å². The van der Waals surface area contributed by atoms with Gasteiger partial charge >= 0.3 is 6.03 Å². The van der Waals surface area contributed by atoms with Crippen molar-refractivity contribution in [2.24, 2.45) is 0 Å². The van der Waals surface area contributed by atoms with Crippen LogP contribution in [0.15, 0.2) is 79.9 Å². The zero-order valence-corrected chi connectivity index (χ0v) is 25.8. The summed E-state index contributed by atoms with van der Waals surface area (Å²) in [6.07, 6.45) is 2.39. The van der Waals surface area contributed by atoms with Crippen LogP contribution < -0.4 is 5.32 Å². The Kier molecular flexibility index (Phi) is 9.77. The fraction of sp³-hybridized carbons (Fsp3) is 0.242.